The molecule has 0 aliphatic rings. The van der Waals surface area contributed by atoms with Crippen molar-refractivity contribution in [3.8, 4) is 0 Å². The topological polar surface area (TPSA) is 52.6 Å². The average molecular weight is 292 g/mol. The van der Waals surface area contributed by atoms with Crippen molar-refractivity contribution in [1.82, 2.24) is 10.2 Å². The Hall–Kier alpha value is -1.39. The highest BCUT2D eigenvalue weighted by atomic mass is 16.4. The van der Waals surface area contributed by atoms with Crippen LogP contribution in [0.15, 0.2) is 24.3 Å². The molecule has 1 rings (SSSR count). The minimum absolute atomic E-state index is 0.0887. The number of hydrogen-bond donors (Lipinski definition) is 2. The molecule has 21 heavy (non-hydrogen) atoms. The molecule has 0 unspecified atom stereocenters. The van der Waals surface area contributed by atoms with Gasteiger partial charge in [0.2, 0.25) is 0 Å². The Labute approximate surface area is 128 Å². The molecule has 0 heterocycles. The van der Waals surface area contributed by atoms with E-state index in [2.05, 4.69) is 37.9 Å². The average Bonchev–Trinajstić information content (AvgIpc) is 2.38. The van der Waals surface area contributed by atoms with Crippen LogP contribution in [0.5, 0.6) is 0 Å². The molecule has 1 aromatic rings. The van der Waals surface area contributed by atoms with Crippen molar-refractivity contribution in [2.75, 3.05) is 13.1 Å². The summed E-state index contributed by atoms with van der Waals surface area (Å²) in [6.07, 6.45) is 0.0887. The highest BCUT2D eigenvalue weighted by Gasteiger charge is 2.11. The largest absolute Gasteiger partial charge is 0.481 e. The second kappa shape index (κ2) is 8.80. The van der Waals surface area contributed by atoms with Gasteiger partial charge in [-0.05, 0) is 38.8 Å². The number of nitrogens with zero attached hydrogens (tertiary/aromatic N) is 1. The summed E-state index contributed by atoms with van der Waals surface area (Å²) in [6.45, 7) is 11.7. The maximum absolute atomic E-state index is 10.6. The molecule has 0 aliphatic carbocycles. The van der Waals surface area contributed by atoms with Gasteiger partial charge >= 0.3 is 5.97 Å². The zero-order chi connectivity index (χ0) is 15.8. The number of carboxylic acids is 1. The van der Waals surface area contributed by atoms with E-state index in [1.54, 1.807) is 0 Å². The molecule has 0 fully saturated rings. The van der Waals surface area contributed by atoms with Gasteiger partial charge in [-0.15, -0.1) is 0 Å². The molecule has 0 bridgehead atoms. The van der Waals surface area contributed by atoms with Crippen LogP contribution in [0, 0.1) is 0 Å². The van der Waals surface area contributed by atoms with Crippen LogP contribution in [-0.4, -0.2) is 41.1 Å². The van der Waals surface area contributed by atoms with Gasteiger partial charge in [0, 0.05) is 31.7 Å². The van der Waals surface area contributed by atoms with Crippen LogP contribution in [0.25, 0.3) is 0 Å². The first-order chi connectivity index (χ1) is 9.90. The smallest absolute Gasteiger partial charge is 0.307 e. The van der Waals surface area contributed by atoms with Crippen molar-refractivity contribution in [2.24, 2.45) is 0 Å². The third kappa shape index (κ3) is 6.74. The molecule has 0 spiro atoms. The van der Waals surface area contributed by atoms with Gasteiger partial charge in [0.05, 0.1) is 6.42 Å². The van der Waals surface area contributed by atoms with E-state index in [1.165, 1.54) is 5.56 Å². The second-order valence-corrected chi connectivity index (χ2v) is 5.99. The monoisotopic (exact) mass is 292 g/mol. The van der Waals surface area contributed by atoms with Crippen molar-refractivity contribution in [2.45, 2.75) is 52.7 Å². The fraction of sp³-hybridized carbons (Fsp3) is 0.588. The Morgan fingerprint density at radius 1 is 1.10 bits per heavy atom. The van der Waals surface area contributed by atoms with E-state index >= 15 is 0 Å². The van der Waals surface area contributed by atoms with Gasteiger partial charge in [-0.2, -0.15) is 0 Å². The lowest BCUT2D eigenvalue weighted by molar-refractivity contribution is -0.136. The Morgan fingerprint density at radius 3 is 2.10 bits per heavy atom. The van der Waals surface area contributed by atoms with Crippen LogP contribution in [0.2, 0.25) is 0 Å². The fourth-order valence-corrected chi connectivity index (χ4v) is 2.50. The van der Waals surface area contributed by atoms with Crippen LogP contribution < -0.4 is 5.32 Å². The molecular formula is C17H28N2O2. The lowest BCUT2D eigenvalue weighted by atomic mass is 10.1. The quantitative estimate of drug-likeness (QED) is 0.687. The summed E-state index contributed by atoms with van der Waals surface area (Å²) in [7, 11) is 0. The van der Waals surface area contributed by atoms with E-state index in [4.69, 9.17) is 5.11 Å². The maximum atomic E-state index is 10.6. The van der Waals surface area contributed by atoms with Gasteiger partial charge in [0.15, 0.2) is 0 Å². The van der Waals surface area contributed by atoms with E-state index in [9.17, 15) is 4.79 Å². The Kier molecular flexibility index (Phi) is 7.40. The normalized spacial score (nSPS) is 11.6. The number of carboxylic acid groups (broad SMARTS) is 1. The summed E-state index contributed by atoms with van der Waals surface area (Å²) in [6, 6.07) is 8.88. The fourth-order valence-electron chi connectivity index (χ4n) is 2.50. The van der Waals surface area contributed by atoms with Crippen LogP contribution >= 0.6 is 0 Å². The maximum Gasteiger partial charge on any atom is 0.307 e. The molecule has 0 aromatic heterocycles. The number of benzene rings is 1. The Morgan fingerprint density at radius 2 is 1.62 bits per heavy atom. The summed E-state index contributed by atoms with van der Waals surface area (Å²) < 4.78 is 0. The number of hydrogen-bond acceptors (Lipinski definition) is 3. The minimum Gasteiger partial charge on any atom is -0.481 e. The molecule has 0 radical (unpaired) electrons. The van der Waals surface area contributed by atoms with E-state index in [-0.39, 0.29) is 6.42 Å². The van der Waals surface area contributed by atoms with E-state index in [1.807, 2.05) is 24.3 Å². The molecule has 4 nitrogen and oxygen atoms in total. The molecule has 0 amide bonds. The Bertz CT molecular complexity index is 419. The summed E-state index contributed by atoms with van der Waals surface area (Å²) in [5.74, 6) is -0.789. The van der Waals surface area contributed by atoms with Gasteiger partial charge in [-0.3, -0.25) is 9.69 Å². The van der Waals surface area contributed by atoms with Crippen LogP contribution in [0.3, 0.4) is 0 Å². The third-order valence-electron chi connectivity index (χ3n) is 3.58. The number of aliphatic carboxylic acids is 1. The third-order valence-corrected chi connectivity index (χ3v) is 3.58. The molecule has 118 valence electrons. The predicted molar refractivity (Wildman–Crippen MR) is 86.5 cm³/mol. The van der Waals surface area contributed by atoms with Gasteiger partial charge in [0.25, 0.3) is 0 Å². The van der Waals surface area contributed by atoms with Crippen molar-refractivity contribution < 1.29 is 9.90 Å². The summed E-state index contributed by atoms with van der Waals surface area (Å²) in [5.41, 5.74) is 2.03. The van der Waals surface area contributed by atoms with E-state index in [0.717, 1.165) is 25.2 Å². The number of nitrogens with one attached hydrogen (secondary N) is 1. The zero-order valence-corrected chi connectivity index (χ0v) is 13.6. The Balaban J connectivity index is 2.34. The first-order valence-corrected chi connectivity index (χ1v) is 7.66. The van der Waals surface area contributed by atoms with Crippen molar-refractivity contribution >= 4 is 5.97 Å². The molecule has 4 heteroatoms. The van der Waals surface area contributed by atoms with Gasteiger partial charge in [-0.25, -0.2) is 0 Å². The molecule has 2 N–H and O–H groups in total. The summed E-state index contributed by atoms with van der Waals surface area (Å²) in [4.78, 5) is 13.1. The molecule has 1 aromatic carbocycles. The van der Waals surface area contributed by atoms with E-state index in [0.29, 0.717) is 12.1 Å². The van der Waals surface area contributed by atoms with Gasteiger partial charge < -0.3 is 10.4 Å². The van der Waals surface area contributed by atoms with Crippen LogP contribution in [0.1, 0.15) is 38.8 Å². The first-order valence-electron chi connectivity index (χ1n) is 7.66. The predicted octanol–water partition coefficient (Wildman–Crippen LogP) is 2.52. The van der Waals surface area contributed by atoms with Crippen LogP contribution in [-0.2, 0) is 17.8 Å². The highest BCUT2D eigenvalue weighted by Crippen LogP contribution is 2.06. The molecule has 0 aliphatic heterocycles. The summed E-state index contributed by atoms with van der Waals surface area (Å²) >= 11 is 0. The highest BCUT2D eigenvalue weighted by molar-refractivity contribution is 5.70. The standard InChI is InChI=1S/C17H28N2O2/c1-13(2)19(14(3)4)10-9-18-12-16-7-5-15(6-8-16)11-17(20)21/h5-8,13-14,18H,9-12H2,1-4H3,(H,20,21). The van der Waals surface area contributed by atoms with Crippen molar-refractivity contribution in [3.05, 3.63) is 35.4 Å². The van der Waals surface area contributed by atoms with E-state index < -0.39 is 5.97 Å². The molecule has 0 saturated carbocycles. The second-order valence-electron chi connectivity index (χ2n) is 5.99. The molecule has 0 atom stereocenters. The lowest BCUT2D eigenvalue weighted by Crippen LogP contribution is -2.41. The first kappa shape index (κ1) is 17.7. The SMILES string of the molecule is CC(C)N(CCNCc1ccc(CC(=O)O)cc1)C(C)C. The minimum atomic E-state index is -0.789. The summed E-state index contributed by atoms with van der Waals surface area (Å²) in [5, 5.41) is 12.2. The number of carbonyl (C=O) groups is 1. The van der Waals surface area contributed by atoms with Crippen molar-refractivity contribution in [1.29, 1.82) is 0 Å². The molecular weight excluding hydrogens is 264 g/mol. The van der Waals surface area contributed by atoms with Gasteiger partial charge in [0.1, 0.15) is 0 Å². The lowest BCUT2D eigenvalue weighted by Gasteiger charge is -2.30. The van der Waals surface area contributed by atoms with Gasteiger partial charge in [-0.1, -0.05) is 24.3 Å². The number of rotatable bonds is 9. The van der Waals surface area contributed by atoms with Crippen molar-refractivity contribution in [3.63, 3.8) is 0 Å². The molecule has 0 saturated heterocycles. The van der Waals surface area contributed by atoms with Crippen LogP contribution in [0.4, 0.5) is 0 Å². The zero-order valence-electron chi connectivity index (χ0n) is 13.6.